The minimum absolute atomic E-state index is 0.190. The van der Waals surface area contributed by atoms with Crippen molar-refractivity contribution in [2.24, 2.45) is 0 Å². The van der Waals surface area contributed by atoms with Crippen LogP contribution in [0.3, 0.4) is 0 Å². The maximum atomic E-state index is 14.1. The molecule has 3 heteroatoms. The maximum Gasteiger partial charge on any atom is 0.128 e. The van der Waals surface area contributed by atoms with Crippen LogP contribution in [0.5, 0.6) is 0 Å². The van der Waals surface area contributed by atoms with Crippen molar-refractivity contribution < 1.29 is 4.39 Å². The van der Waals surface area contributed by atoms with E-state index in [0.717, 1.165) is 22.0 Å². The zero-order valence-electron chi connectivity index (χ0n) is 11.2. The topological polar surface area (TPSA) is 24.9 Å². The molecular formula is C17H15FN2. The van der Waals surface area contributed by atoms with Crippen molar-refractivity contribution in [2.75, 3.05) is 7.05 Å². The molecular weight excluding hydrogens is 251 g/mol. The van der Waals surface area contributed by atoms with Crippen molar-refractivity contribution in [1.29, 1.82) is 0 Å². The van der Waals surface area contributed by atoms with Crippen molar-refractivity contribution >= 4 is 10.9 Å². The van der Waals surface area contributed by atoms with Gasteiger partial charge in [0.25, 0.3) is 0 Å². The van der Waals surface area contributed by atoms with Gasteiger partial charge in [-0.15, -0.1) is 0 Å². The smallest absolute Gasteiger partial charge is 0.128 e. The van der Waals surface area contributed by atoms with Crippen LogP contribution in [-0.4, -0.2) is 12.0 Å². The summed E-state index contributed by atoms with van der Waals surface area (Å²) >= 11 is 0. The Morgan fingerprint density at radius 1 is 1.10 bits per heavy atom. The molecule has 0 aliphatic heterocycles. The molecule has 0 bridgehead atoms. The Bertz CT molecular complexity index is 748. The highest BCUT2D eigenvalue weighted by atomic mass is 19.1. The number of pyridine rings is 1. The summed E-state index contributed by atoms with van der Waals surface area (Å²) in [5, 5.41) is 4.02. The summed E-state index contributed by atoms with van der Waals surface area (Å²) in [6, 6.07) is 15.2. The third-order valence-corrected chi connectivity index (χ3v) is 3.36. The second-order valence-electron chi connectivity index (χ2n) is 4.72. The van der Waals surface area contributed by atoms with Crippen LogP contribution in [0.15, 0.2) is 54.7 Å². The molecule has 0 radical (unpaired) electrons. The lowest BCUT2D eigenvalue weighted by Gasteiger charge is -2.08. The lowest BCUT2D eigenvalue weighted by atomic mass is 10.0. The third-order valence-electron chi connectivity index (χ3n) is 3.36. The second kappa shape index (κ2) is 5.39. The lowest BCUT2D eigenvalue weighted by Crippen LogP contribution is -2.06. The predicted molar refractivity (Wildman–Crippen MR) is 79.9 cm³/mol. The van der Waals surface area contributed by atoms with Crippen LogP contribution in [0, 0.1) is 5.82 Å². The number of halogens is 1. The van der Waals surface area contributed by atoms with E-state index in [1.54, 1.807) is 12.3 Å². The van der Waals surface area contributed by atoms with Crippen LogP contribution in [0.4, 0.5) is 4.39 Å². The van der Waals surface area contributed by atoms with E-state index >= 15 is 0 Å². The zero-order chi connectivity index (χ0) is 13.9. The number of fused-ring (bicyclic) bond motifs is 1. The van der Waals surface area contributed by atoms with E-state index < -0.39 is 0 Å². The fourth-order valence-corrected chi connectivity index (χ4v) is 2.39. The maximum absolute atomic E-state index is 14.1. The summed E-state index contributed by atoms with van der Waals surface area (Å²) in [7, 11) is 1.81. The molecule has 1 aromatic heterocycles. The molecule has 3 rings (SSSR count). The molecule has 20 heavy (non-hydrogen) atoms. The Morgan fingerprint density at radius 2 is 1.95 bits per heavy atom. The SMILES string of the molecule is CNCc1ccc(-c2cccc3cccnc23)cc1F. The van der Waals surface area contributed by atoms with E-state index in [4.69, 9.17) is 0 Å². The average Bonchev–Trinajstić information content (AvgIpc) is 2.49. The first-order valence-corrected chi connectivity index (χ1v) is 6.57. The fraction of sp³-hybridized carbons (Fsp3) is 0.118. The molecule has 0 saturated carbocycles. The van der Waals surface area contributed by atoms with Crippen molar-refractivity contribution in [3.8, 4) is 11.1 Å². The summed E-state index contributed by atoms with van der Waals surface area (Å²) in [5.41, 5.74) is 3.38. The monoisotopic (exact) mass is 266 g/mol. The van der Waals surface area contributed by atoms with Gasteiger partial charge in [0.2, 0.25) is 0 Å². The first-order valence-electron chi connectivity index (χ1n) is 6.57. The van der Waals surface area contributed by atoms with Crippen molar-refractivity contribution in [1.82, 2.24) is 10.3 Å². The summed E-state index contributed by atoms with van der Waals surface area (Å²) in [6.07, 6.45) is 1.76. The molecule has 0 spiro atoms. The fourth-order valence-electron chi connectivity index (χ4n) is 2.39. The number of para-hydroxylation sites is 1. The number of hydrogen-bond donors (Lipinski definition) is 1. The van der Waals surface area contributed by atoms with Gasteiger partial charge in [-0.3, -0.25) is 4.98 Å². The van der Waals surface area contributed by atoms with Gasteiger partial charge in [-0.1, -0.05) is 36.4 Å². The molecule has 2 nitrogen and oxygen atoms in total. The first-order chi connectivity index (χ1) is 9.79. The summed E-state index contributed by atoms with van der Waals surface area (Å²) in [6.45, 7) is 0.528. The predicted octanol–water partition coefficient (Wildman–Crippen LogP) is 3.76. The number of benzene rings is 2. The number of nitrogens with zero attached hydrogens (tertiary/aromatic N) is 1. The van der Waals surface area contributed by atoms with Crippen molar-refractivity contribution in [3.05, 3.63) is 66.1 Å². The Morgan fingerprint density at radius 3 is 2.75 bits per heavy atom. The van der Waals surface area contributed by atoms with E-state index in [1.165, 1.54) is 0 Å². The average molecular weight is 266 g/mol. The number of nitrogens with one attached hydrogen (secondary N) is 1. The Balaban J connectivity index is 2.14. The van der Waals surface area contributed by atoms with Gasteiger partial charge in [-0.25, -0.2) is 4.39 Å². The molecule has 0 aliphatic carbocycles. The molecule has 2 aromatic carbocycles. The second-order valence-corrected chi connectivity index (χ2v) is 4.72. The normalized spacial score (nSPS) is 10.9. The Hall–Kier alpha value is -2.26. The Kier molecular flexibility index (Phi) is 3.44. The van der Waals surface area contributed by atoms with Gasteiger partial charge in [0.15, 0.2) is 0 Å². The Labute approximate surface area is 117 Å². The van der Waals surface area contributed by atoms with Gasteiger partial charge >= 0.3 is 0 Å². The van der Waals surface area contributed by atoms with Crippen LogP contribution >= 0.6 is 0 Å². The highest BCUT2D eigenvalue weighted by molar-refractivity contribution is 5.93. The molecule has 0 unspecified atom stereocenters. The van der Waals surface area contributed by atoms with Crippen LogP contribution in [-0.2, 0) is 6.54 Å². The van der Waals surface area contributed by atoms with Crippen molar-refractivity contribution in [2.45, 2.75) is 6.54 Å². The van der Waals surface area contributed by atoms with E-state index in [-0.39, 0.29) is 5.82 Å². The molecule has 1 N–H and O–H groups in total. The van der Waals surface area contributed by atoms with Gasteiger partial charge in [0, 0.05) is 29.3 Å². The molecule has 100 valence electrons. The quantitative estimate of drug-likeness (QED) is 0.780. The van der Waals surface area contributed by atoms with Crippen LogP contribution in [0.2, 0.25) is 0 Å². The minimum atomic E-state index is -0.190. The molecule has 3 aromatic rings. The van der Waals surface area contributed by atoms with E-state index in [9.17, 15) is 4.39 Å². The van der Waals surface area contributed by atoms with E-state index in [0.29, 0.717) is 12.1 Å². The van der Waals surface area contributed by atoms with E-state index in [1.807, 2.05) is 49.5 Å². The number of aromatic nitrogens is 1. The molecule has 0 fully saturated rings. The van der Waals surface area contributed by atoms with Crippen LogP contribution in [0.1, 0.15) is 5.56 Å². The van der Waals surface area contributed by atoms with Crippen LogP contribution in [0.25, 0.3) is 22.0 Å². The highest BCUT2D eigenvalue weighted by Crippen LogP contribution is 2.28. The molecule has 0 amide bonds. The molecule has 0 atom stereocenters. The van der Waals surface area contributed by atoms with Gasteiger partial charge in [0.1, 0.15) is 5.82 Å². The highest BCUT2D eigenvalue weighted by Gasteiger charge is 2.08. The molecule has 0 aliphatic rings. The number of hydrogen-bond acceptors (Lipinski definition) is 2. The first kappa shape index (κ1) is 12.8. The number of rotatable bonds is 3. The summed E-state index contributed by atoms with van der Waals surface area (Å²) in [4.78, 5) is 4.41. The summed E-state index contributed by atoms with van der Waals surface area (Å²) < 4.78 is 14.1. The van der Waals surface area contributed by atoms with Crippen molar-refractivity contribution in [3.63, 3.8) is 0 Å². The molecule has 1 heterocycles. The standard InChI is InChI=1S/C17H15FN2/c1-19-11-14-8-7-13(10-16(14)18)15-6-2-4-12-5-3-9-20-17(12)15/h2-10,19H,11H2,1H3. The minimum Gasteiger partial charge on any atom is -0.316 e. The van der Waals surface area contributed by atoms with Crippen LogP contribution < -0.4 is 5.32 Å². The van der Waals surface area contributed by atoms with E-state index in [2.05, 4.69) is 10.3 Å². The lowest BCUT2D eigenvalue weighted by molar-refractivity contribution is 0.601. The zero-order valence-corrected chi connectivity index (χ0v) is 11.2. The largest absolute Gasteiger partial charge is 0.316 e. The summed E-state index contributed by atoms with van der Waals surface area (Å²) in [5.74, 6) is -0.190. The molecule has 0 saturated heterocycles. The van der Waals surface area contributed by atoms with Gasteiger partial charge in [-0.05, 0) is 24.7 Å². The van der Waals surface area contributed by atoms with Gasteiger partial charge in [-0.2, -0.15) is 0 Å². The van der Waals surface area contributed by atoms with Gasteiger partial charge < -0.3 is 5.32 Å². The van der Waals surface area contributed by atoms with Gasteiger partial charge in [0.05, 0.1) is 5.52 Å². The third kappa shape index (κ3) is 2.28.